The molecule has 0 bridgehead atoms. The third-order valence-corrected chi connectivity index (χ3v) is 2.25. The molecule has 0 radical (unpaired) electrons. The molecule has 1 amide bonds. The molecule has 0 saturated heterocycles. The largest absolute Gasteiger partial charge is 0.450 e. The Morgan fingerprint density at radius 3 is 2.56 bits per heavy atom. The van der Waals surface area contributed by atoms with Crippen LogP contribution < -0.4 is 11.1 Å². The zero-order valence-corrected chi connectivity index (χ0v) is 10.1. The molecule has 5 nitrogen and oxygen atoms in total. The van der Waals surface area contributed by atoms with Crippen LogP contribution in [0.5, 0.6) is 0 Å². The maximum atomic E-state index is 11.2. The molecule has 3 N–H and O–H groups in total. The third-order valence-electron chi connectivity index (χ3n) is 2.25. The van der Waals surface area contributed by atoms with Crippen molar-refractivity contribution in [3.63, 3.8) is 0 Å². The van der Waals surface area contributed by atoms with Gasteiger partial charge >= 0.3 is 6.09 Å². The van der Waals surface area contributed by atoms with Gasteiger partial charge in [-0.05, 0) is 26.2 Å². The summed E-state index contributed by atoms with van der Waals surface area (Å²) in [5.41, 5.74) is 5.66. The quantitative estimate of drug-likeness (QED) is 0.614. The van der Waals surface area contributed by atoms with Gasteiger partial charge in [0.25, 0.3) is 0 Å². The van der Waals surface area contributed by atoms with E-state index in [1.165, 1.54) is 0 Å². The predicted molar refractivity (Wildman–Crippen MR) is 62.1 cm³/mol. The fraction of sp³-hybridized carbons (Fsp3) is 0.818. The topological polar surface area (TPSA) is 81.4 Å². The number of Topliss-reactive ketones (excluding diaryl/α,β-unsaturated/α-hetero) is 1. The Hall–Kier alpha value is -1.10. The second-order valence-electron chi connectivity index (χ2n) is 3.57. The number of carbonyl (C=O) groups is 2. The molecule has 94 valence electrons. The van der Waals surface area contributed by atoms with Gasteiger partial charge in [0.15, 0.2) is 0 Å². The van der Waals surface area contributed by atoms with Crippen LogP contribution in [-0.2, 0) is 9.53 Å². The first-order chi connectivity index (χ1) is 7.61. The summed E-state index contributed by atoms with van der Waals surface area (Å²) in [6.45, 7) is 4.51. The lowest BCUT2D eigenvalue weighted by Crippen LogP contribution is -2.30. The van der Waals surface area contributed by atoms with Crippen LogP contribution in [0.25, 0.3) is 0 Å². The van der Waals surface area contributed by atoms with Crippen molar-refractivity contribution in [3.05, 3.63) is 0 Å². The number of unbranched alkanes of at least 4 members (excludes halogenated alkanes) is 1. The molecule has 0 saturated carbocycles. The second-order valence-corrected chi connectivity index (χ2v) is 3.57. The Labute approximate surface area is 96.7 Å². The molecule has 0 aromatic carbocycles. The number of amides is 1. The van der Waals surface area contributed by atoms with Crippen LogP contribution in [0.3, 0.4) is 0 Å². The summed E-state index contributed by atoms with van der Waals surface area (Å²) >= 11 is 0. The number of hydrogen-bond acceptors (Lipinski definition) is 4. The van der Waals surface area contributed by atoms with Gasteiger partial charge in [0.1, 0.15) is 5.78 Å². The van der Waals surface area contributed by atoms with Gasteiger partial charge in [0.2, 0.25) is 0 Å². The van der Waals surface area contributed by atoms with Crippen molar-refractivity contribution in [2.75, 3.05) is 13.2 Å². The molecular weight excluding hydrogens is 208 g/mol. The van der Waals surface area contributed by atoms with E-state index in [1.54, 1.807) is 6.92 Å². The lowest BCUT2D eigenvalue weighted by atomic mass is 10.0. The average molecular weight is 230 g/mol. The van der Waals surface area contributed by atoms with Crippen LogP contribution in [0, 0.1) is 0 Å². The van der Waals surface area contributed by atoms with Gasteiger partial charge in [-0.25, -0.2) is 4.79 Å². The van der Waals surface area contributed by atoms with Gasteiger partial charge in [0, 0.05) is 13.0 Å². The molecule has 0 heterocycles. The lowest BCUT2D eigenvalue weighted by Gasteiger charge is -2.09. The van der Waals surface area contributed by atoms with E-state index in [1.807, 2.05) is 6.92 Å². The normalized spacial score (nSPS) is 11.9. The van der Waals surface area contributed by atoms with Crippen LogP contribution in [0.15, 0.2) is 0 Å². The Balaban J connectivity index is 3.40. The minimum absolute atomic E-state index is 0.0957. The monoisotopic (exact) mass is 230 g/mol. The van der Waals surface area contributed by atoms with Crippen LogP contribution in [0.4, 0.5) is 4.79 Å². The molecule has 0 aliphatic carbocycles. The first kappa shape index (κ1) is 14.9. The fourth-order valence-corrected chi connectivity index (χ4v) is 1.29. The molecule has 0 aliphatic heterocycles. The van der Waals surface area contributed by atoms with E-state index >= 15 is 0 Å². The van der Waals surface area contributed by atoms with Crippen molar-refractivity contribution in [1.82, 2.24) is 5.32 Å². The number of hydrogen-bond donors (Lipinski definition) is 2. The Bertz CT molecular complexity index is 219. The van der Waals surface area contributed by atoms with Crippen molar-refractivity contribution in [3.8, 4) is 0 Å². The van der Waals surface area contributed by atoms with Gasteiger partial charge in [-0.1, -0.05) is 6.92 Å². The van der Waals surface area contributed by atoms with E-state index in [2.05, 4.69) is 5.32 Å². The molecule has 5 heteroatoms. The highest BCUT2D eigenvalue weighted by atomic mass is 16.5. The molecule has 1 atom stereocenters. The molecule has 0 aromatic rings. The first-order valence-corrected chi connectivity index (χ1v) is 5.80. The van der Waals surface area contributed by atoms with Crippen molar-refractivity contribution in [2.45, 2.75) is 45.6 Å². The van der Waals surface area contributed by atoms with E-state index in [-0.39, 0.29) is 11.8 Å². The molecule has 0 aliphatic rings. The number of carbonyl (C=O) groups excluding carboxylic acids is 2. The van der Waals surface area contributed by atoms with Crippen LogP contribution in [-0.4, -0.2) is 31.1 Å². The van der Waals surface area contributed by atoms with Crippen LogP contribution in [0.1, 0.15) is 39.5 Å². The highest BCUT2D eigenvalue weighted by molar-refractivity contribution is 5.83. The minimum Gasteiger partial charge on any atom is -0.450 e. The number of ketones is 1. The van der Waals surface area contributed by atoms with Crippen LogP contribution in [0.2, 0.25) is 0 Å². The summed E-state index contributed by atoms with van der Waals surface area (Å²) in [6.07, 6.45) is 2.42. The zero-order chi connectivity index (χ0) is 12.4. The average Bonchev–Trinajstić information content (AvgIpc) is 2.27. The van der Waals surface area contributed by atoms with E-state index in [0.29, 0.717) is 26.0 Å². The molecule has 16 heavy (non-hydrogen) atoms. The summed E-state index contributed by atoms with van der Waals surface area (Å²) in [5, 5.41) is 2.61. The molecule has 0 rings (SSSR count). The van der Waals surface area contributed by atoms with Gasteiger partial charge < -0.3 is 15.8 Å². The van der Waals surface area contributed by atoms with Crippen LogP contribution >= 0.6 is 0 Å². The molecule has 1 unspecified atom stereocenters. The Kier molecular flexibility index (Phi) is 8.52. The Morgan fingerprint density at radius 1 is 1.31 bits per heavy atom. The standard InChI is InChI=1S/C11H22N2O3/c1-3-10(14)9(12)7-5-6-8-13-11(15)16-4-2/h9H,3-8,12H2,1-2H3,(H,13,15). The summed E-state index contributed by atoms with van der Waals surface area (Å²) < 4.78 is 4.70. The molecular formula is C11H22N2O3. The highest BCUT2D eigenvalue weighted by Gasteiger charge is 2.10. The minimum atomic E-state index is -0.392. The SMILES string of the molecule is CCOC(=O)NCCCCC(N)C(=O)CC. The van der Waals surface area contributed by atoms with Crippen molar-refractivity contribution < 1.29 is 14.3 Å². The number of ether oxygens (including phenoxy) is 1. The molecule has 0 spiro atoms. The predicted octanol–water partition coefficient (Wildman–Crippen LogP) is 1.21. The van der Waals surface area contributed by atoms with Gasteiger partial charge in [-0.3, -0.25) is 4.79 Å². The first-order valence-electron chi connectivity index (χ1n) is 5.80. The zero-order valence-electron chi connectivity index (χ0n) is 10.1. The van der Waals surface area contributed by atoms with E-state index in [4.69, 9.17) is 10.5 Å². The van der Waals surface area contributed by atoms with Crippen molar-refractivity contribution >= 4 is 11.9 Å². The van der Waals surface area contributed by atoms with E-state index in [0.717, 1.165) is 12.8 Å². The third kappa shape index (κ3) is 7.23. The fourth-order valence-electron chi connectivity index (χ4n) is 1.29. The van der Waals surface area contributed by atoms with Gasteiger partial charge in [0.05, 0.1) is 12.6 Å². The summed E-state index contributed by atoms with van der Waals surface area (Å²) in [7, 11) is 0. The van der Waals surface area contributed by atoms with E-state index < -0.39 is 6.09 Å². The second kappa shape index (κ2) is 9.15. The summed E-state index contributed by atoms with van der Waals surface area (Å²) in [5.74, 6) is 0.0957. The number of alkyl carbamates (subject to hydrolysis) is 1. The van der Waals surface area contributed by atoms with Crippen molar-refractivity contribution in [2.24, 2.45) is 5.73 Å². The molecule has 0 aromatic heterocycles. The lowest BCUT2D eigenvalue weighted by molar-refractivity contribution is -0.120. The summed E-state index contributed by atoms with van der Waals surface area (Å²) in [6, 6.07) is -0.354. The van der Waals surface area contributed by atoms with Gasteiger partial charge in [-0.15, -0.1) is 0 Å². The highest BCUT2D eigenvalue weighted by Crippen LogP contribution is 2.01. The maximum absolute atomic E-state index is 11.2. The number of rotatable bonds is 8. The Morgan fingerprint density at radius 2 is 2.00 bits per heavy atom. The maximum Gasteiger partial charge on any atom is 0.407 e. The molecule has 0 fully saturated rings. The van der Waals surface area contributed by atoms with Crippen molar-refractivity contribution in [1.29, 1.82) is 0 Å². The summed E-state index contributed by atoms with van der Waals surface area (Å²) in [4.78, 5) is 22.0. The smallest absolute Gasteiger partial charge is 0.407 e. The van der Waals surface area contributed by atoms with E-state index in [9.17, 15) is 9.59 Å². The number of nitrogens with one attached hydrogen (secondary N) is 1. The van der Waals surface area contributed by atoms with Gasteiger partial charge in [-0.2, -0.15) is 0 Å². The number of nitrogens with two attached hydrogens (primary N) is 1.